The van der Waals surface area contributed by atoms with Gasteiger partial charge in [0.25, 0.3) is 0 Å². The van der Waals surface area contributed by atoms with Crippen molar-refractivity contribution in [3.8, 4) is 40.3 Å². The average Bonchev–Trinajstić information content (AvgIpc) is 3.64. The highest BCUT2D eigenvalue weighted by Gasteiger charge is 2.28. The lowest BCUT2D eigenvalue weighted by Crippen LogP contribution is -2.25. The van der Waals surface area contributed by atoms with Gasteiger partial charge in [0.2, 0.25) is 0 Å². The highest BCUT2D eigenvalue weighted by molar-refractivity contribution is 5.97. The summed E-state index contributed by atoms with van der Waals surface area (Å²) in [7, 11) is 6.59. The van der Waals surface area contributed by atoms with Crippen LogP contribution in [0.3, 0.4) is 0 Å². The zero-order chi connectivity index (χ0) is 28.0. The molecule has 3 heterocycles. The Labute approximate surface area is 230 Å². The highest BCUT2D eigenvalue weighted by atomic mass is 16.5. The van der Waals surface area contributed by atoms with Gasteiger partial charge in [0.1, 0.15) is 29.0 Å². The predicted molar refractivity (Wildman–Crippen MR) is 154 cm³/mol. The predicted octanol–water partition coefficient (Wildman–Crippen LogP) is 5.22. The van der Waals surface area contributed by atoms with E-state index >= 15 is 0 Å². The van der Waals surface area contributed by atoms with Crippen LogP contribution >= 0.6 is 0 Å². The monoisotopic (exact) mass is 533 g/mol. The molecule has 0 unspecified atom stereocenters. The average molecular weight is 534 g/mol. The van der Waals surface area contributed by atoms with E-state index in [1.54, 1.807) is 38.0 Å². The van der Waals surface area contributed by atoms with Gasteiger partial charge < -0.3 is 23.8 Å². The van der Waals surface area contributed by atoms with Crippen LogP contribution in [-0.2, 0) is 13.6 Å². The molecule has 9 heteroatoms. The molecule has 1 N–H and O–H groups in total. The highest BCUT2D eigenvalue weighted by Crippen LogP contribution is 2.37. The molecule has 3 aromatic carbocycles. The number of ether oxygens (including phenoxy) is 3. The number of imidazole rings is 1. The molecule has 9 nitrogen and oxygen atoms in total. The van der Waals surface area contributed by atoms with E-state index in [1.807, 2.05) is 72.5 Å². The molecule has 0 aliphatic rings. The van der Waals surface area contributed by atoms with Crippen LogP contribution in [0.15, 0.2) is 77.9 Å². The van der Waals surface area contributed by atoms with E-state index in [4.69, 9.17) is 14.2 Å². The number of aryl methyl sites for hydroxylation is 1. The number of aromatic nitrogens is 4. The van der Waals surface area contributed by atoms with Gasteiger partial charge in [-0.15, -0.1) is 0 Å². The van der Waals surface area contributed by atoms with Gasteiger partial charge in [-0.25, -0.2) is 4.79 Å². The normalized spacial score (nSPS) is 11.2. The van der Waals surface area contributed by atoms with E-state index in [9.17, 15) is 10.1 Å². The fourth-order valence-corrected chi connectivity index (χ4v) is 5.43. The third-order valence-corrected chi connectivity index (χ3v) is 7.34. The quantitative estimate of drug-likeness (QED) is 0.303. The van der Waals surface area contributed by atoms with Crippen LogP contribution in [0.25, 0.3) is 38.8 Å². The molecule has 0 aliphatic carbocycles. The Bertz CT molecular complexity index is 1980. The van der Waals surface area contributed by atoms with Crippen molar-refractivity contribution in [2.45, 2.75) is 6.54 Å². The van der Waals surface area contributed by atoms with Crippen molar-refractivity contribution in [2.75, 3.05) is 21.3 Å². The summed E-state index contributed by atoms with van der Waals surface area (Å²) in [6.45, 7) is 0.0468. The second-order valence-corrected chi connectivity index (χ2v) is 9.41. The van der Waals surface area contributed by atoms with Gasteiger partial charge in [0.15, 0.2) is 0 Å². The maximum absolute atomic E-state index is 14.4. The molecule has 0 aliphatic heterocycles. The summed E-state index contributed by atoms with van der Waals surface area (Å²) >= 11 is 0. The zero-order valence-electron chi connectivity index (χ0n) is 22.6. The first-order chi connectivity index (χ1) is 19.5. The van der Waals surface area contributed by atoms with Gasteiger partial charge in [-0.2, -0.15) is 5.26 Å². The molecule has 0 amide bonds. The number of aromatic amines is 1. The minimum absolute atomic E-state index is 0.0468. The molecule has 6 aromatic rings. The summed E-state index contributed by atoms with van der Waals surface area (Å²) in [6, 6.07) is 21.5. The minimum Gasteiger partial charge on any atom is -0.496 e. The minimum atomic E-state index is -0.354. The number of benzene rings is 3. The Morgan fingerprint density at radius 2 is 1.60 bits per heavy atom. The van der Waals surface area contributed by atoms with E-state index in [-0.39, 0.29) is 17.9 Å². The van der Waals surface area contributed by atoms with Crippen molar-refractivity contribution in [1.29, 1.82) is 5.26 Å². The van der Waals surface area contributed by atoms with E-state index < -0.39 is 0 Å². The molecule has 40 heavy (non-hydrogen) atoms. The number of para-hydroxylation sites is 2. The fourth-order valence-electron chi connectivity index (χ4n) is 5.43. The number of nitrogens with one attached hydrogen (secondary N) is 1. The SMILES string of the molecule is COc1cc(OC)c(Cn2c(C#N)c(-c3c[nH]c4ccccc34)n(-c3cn(C)c4ccccc34)c2=O)c(OC)c1. The number of hydrogen-bond donors (Lipinski definition) is 1. The maximum Gasteiger partial charge on any atom is 0.334 e. The molecule has 0 saturated carbocycles. The van der Waals surface area contributed by atoms with Crippen LogP contribution in [0, 0.1) is 11.3 Å². The van der Waals surface area contributed by atoms with Crippen molar-refractivity contribution in [3.05, 3.63) is 94.8 Å². The van der Waals surface area contributed by atoms with E-state index in [0.717, 1.165) is 27.4 Å². The lowest BCUT2D eigenvalue weighted by atomic mass is 10.1. The summed E-state index contributed by atoms with van der Waals surface area (Å²) in [5.74, 6) is 1.52. The summed E-state index contributed by atoms with van der Waals surface area (Å²) in [5.41, 5.74) is 4.31. The summed E-state index contributed by atoms with van der Waals surface area (Å²) in [4.78, 5) is 17.7. The second kappa shape index (κ2) is 9.75. The molecule has 0 spiro atoms. The third-order valence-electron chi connectivity index (χ3n) is 7.34. The number of methoxy groups -OCH3 is 3. The Morgan fingerprint density at radius 1 is 0.925 bits per heavy atom. The Kier molecular flexibility index (Phi) is 6.08. The van der Waals surface area contributed by atoms with E-state index in [1.165, 1.54) is 4.57 Å². The van der Waals surface area contributed by atoms with Crippen molar-refractivity contribution in [1.82, 2.24) is 18.7 Å². The fraction of sp³-hybridized carbons (Fsp3) is 0.161. The van der Waals surface area contributed by atoms with Gasteiger partial charge in [-0.1, -0.05) is 36.4 Å². The van der Waals surface area contributed by atoms with Crippen LogP contribution in [0.1, 0.15) is 11.3 Å². The number of hydrogen-bond acceptors (Lipinski definition) is 5. The Balaban J connectivity index is 1.69. The number of rotatable bonds is 7. The molecule has 3 aromatic heterocycles. The van der Waals surface area contributed by atoms with E-state index in [0.29, 0.717) is 34.2 Å². The van der Waals surface area contributed by atoms with Gasteiger partial charge in [-0.05, 0) is 12.1 Å². The third kappa shape index (κ3) is 3.73. The molecular weight excluding hydrogens is 506 g/mol. The summed E-state index contributed by atoms with van der Waals surface area (Å²) in [6.07, 6.45) is 3.77. The smallest absolute Gasteiger partial charge is 0.334 e. The summed E-state index contributed by atoms with van der Waals surface area (Å²) in [5, 5.41) is 12.4. The van der Waals surface area contributed by atoms with Gasteiger partial charge in [0.05, 0.1) is 44.8 Å². The number of nitrogens with zero attached hydrogens (tertiary/aromatic N) is 4. The molecule has 0 bridgehead atoms. The maximum atomic E-state index is 14.4. The number of nitriles is 1. The largest absolute Gasteiger partial charge is 0.496 e. The summed E-state index contributed by atoms with van der Waals surface area (Å²) < 4.78 is 21.8. The van der Waals surface area contributed by atoms with Crippen LogP contribution in [0.5, 0.6) is 17.2 Å². The van der Waals surface area contributed by atoms with E-state index in [2.05, 4.69) is 11.1 Å². The molecule has 0 atom stereocenters. The topological polar surface area (TPSA) is 99.1 Å². The lowest BCUT2D eigenvalue weighted by Gasteiger charge is -2.15. The first kappa shape index (κ1) is 24.9. The van der Waals surface area contributed by atoms with Crippen LogP contribution in [0.4, 0.5) is 0 Å². The van der Waals surface area contributed by atoms with Gasteiger partial charge in [-0.3, -0.25) is 9.13 Å². The Morgan fingerprint density at radius 3 is 2.27 bits per heavy atom. The molecule has 200 valence electrons. The Hall–Kier alpha value is -5.36. The van der Waals surface area contributed by atoms with Crippen molar-refractivity contribution in [3.63, 3.8) is 0 Å². The first-order valence-electron chi connectivity index (χ1n) is 12.7. The number of fused-ring (bicyclic) bond motifs is 2. The zero-order valence-corrected chi connectivity index (χ0v) is 22.6. The van der Waals surface area contributed by atoms with Crippen LogP contribution in [0.2, 0.25) is 0 Å². The van der Waals surface area contributed by atoms with Crippen molar-refractivity contribution >= 4 is 21.8 Å². The van der Waals surface area contributed by atoms with Gasteiger partial charge >= 0.3 is 5.69 Å². The molecule has 0 fully saturated rings. The molecular formula is C31H27N5O4. The standard InChI is InChI=1S/C31H27N5O4/c1-34-18-27(21-10-6-8-12-25(21)34)36-30(22-16-33-24-11-7-5-9-20(22)24)26(15-32)35(31(36)37)17-23-28(39-3)13-19(38-2)14-29(23)40-4/h5-14,16,18,33H,17H2,1-4H3. The first-order valence-corrected chi connectivity index (χ1v) is 12.7. The second-order valence-electron chi connectivity index (χ2n) is 9.41. The van der Waals surface area contributed by atoms with Gasteiger partial charge in [0, 0.05) is 58.9 Å². The van der Waals surface area contributed by atoms with Crippen molar-refractivity contribution < 1.29 is 14.2 Å². The lowest BCUT2D eigenvalue weighted by molar-refractivity contribution is 0.367. The molecule has 0 radical (unpaired) electrons. The van der Waals surface area contributed by atoms with Crippen molar-refractivity contribution in [2.24, 2.45) is 7.05 Å². The van der Waals surface area contributed by atoms with Crippen LogP contribution < -0.4 is 19.9 Å². The molecule has 0 saturated heterocycles. The van der Waals surface area contributed by atoms with Crippen LogP contribution in [-0.4, -0.2) is 40.0 Å². The number of H-pyrrole nitrogens is 1. The molecule has 6 rings (SSSR count).